The van der Waals surface area contributed by atoms with Crippen LogP contribution in [0.1, 0.15) is 5.56 Å². The van der Waals surface area contributed by atoms with Gasteiger partial charge in [-0.05, 0) is 28.9 Å². The summed E-state index contributed by atoms with van der Waals surface area (Å²) in [6.45, 7) is 3.41. The van der Waals surface area contributed by atoms with Gasteiger partial charge in [0.2, 0.25) is 0 Å². The van der Waals surface area contributed by atoms with E-state index >= 15 is 0 Å². The second-order valence-electron chi connectivity index (χ2n) is 3.72. The number of rotatable bonds is 3. The lowest BCUT2D eigenvalue weighted by Crippen LogP contribution is -2.14. The van der Waals surface area contributed by atoms with E-state index in [9.17, 15) is 0 Å². The number of aryl methyl sites for hydroxylation is 1. The van der Waals surface area contributed by atoms with Gasteiger partial charge in [0, 0.05) is 34.5 Å². The van der Waals surface area contributed by atoms with Gasteiger partial charge in [-0.15, -0.1) is 0 Å². The number of hydrogen-bond donors (Lipinski definition) is 2. The number of nitrogens with one attached hydrogen (secondary N) is 1. The highest BCUT2D eigenvalue weighted by Gasteiger charge is 2.05. The zero-order valence-electron chi connectivity index (χ0n) is 9.13. The quantitative estimate of drug-likeness (QED) is 0.908. The molecule has 3 N–H and O–H groups in total. The fourth-order valence-electron chi connectivity index (χ4n) is 1.65. The Morgan fingerprint density at radius 2 is 2.19 bits per heavy atom. The molecule has 2 rings (SSSR count). The molecule has 1 heterocycles. The number of anilines is 1. The molecule has 0 saturated carbocycles. The van der Waals surface area contributed by atoms with Crippen LogP contribution < -0.4 is 11.1 Å². The molecule has 0 saturated heterocycles. The smallest absolute Gasteiger partial charge is 0.133 e. The Morgan fingerprint density at radius 3 is 2.94 bits per heavy atom. The molecule has 4 heteroatoms. The van der Waals surface area contributed by atoms with Gasteiger partial charge in [0.25, 0.3) is 0 Å². The van der Waals surface area contributed by atoms with E-state index in [0.29, 0.717) is 6.54 Å². The molecule has 0 fully saturated rings. The van der Waals surface area contributed by atoms with Crippen LogP contribution in [0.2, 0.25) is 0 Å². The highest BCUT2D eigenvalue weighted by Crippen LogP contribution is 2.28. The third-order valence-corrected chi connectivity index (χ3v) is 3.06. The summed E-state index contributed by atoms with van der Waals surface area (Å²) in [6.07, 6.45) is 1.82. The van der Waals surface area contributed by atoms with E-state index in [1.807, 2.05) is 6.20 Å². The number of pyridine rings is 1. The number of hydrogen-bond acceptors (Lipinski definition) is 3. The largest absolute Gasteiger partial charge is 0.368 e. The second kappa shape index (κ2) is 4.80. The lowest BCUT2D eigenvalue weighted by molar-refractivity contribution is 1.01. The monoisotopic (exact) mass is 279 g/mol. The summed E-state index contributed by atoms with van der Waals surface area (Å²) < 4.78 is 1.01. The van der Waals surface area contributed by atoms with Crippen LogP contribution in [0.3, 0.4) is 0 Å². The van der Waals surface area contributed by atoms with Gasteiger partial charge in [-0.25, -0.2) is 4.98 Å². The van der Waals surface area contributed by atoms with Crippen LogP contribution in [-0.2, 0) is 0 Å². The molecule has 0 aliphatic carbocycles. The molecular weight excluding hydrogens is 266 g/mol. The van der Waals surface area contributed by atoms with Gasteiger partial charge in [0.15, 0.2) is 0 Å². The Morgan fingerprint density at radius 1 is 1.38 bits per heavy atom. The molecule has 84 valence electrons. The summed E-state index contributed by atoms with van der Waals surface area (Å²) in [7, 11) is 0. The van der Waals surface area contributed by atoms with Crippen molar-refractivity contribution in [3.8, 4) is 0 Å². The maximum absolute atomic E-state index is 5.48. The molecular formula is C12H14BrN3. The van der Waals surface area contributed by atoms with Crippen molar-refractivity contribution in [2.45, 2.75) is 6.92 Å². The number of aromatic nitrogens is 1. The van der Waals surface area contributed by atoms with E-state index < -0.39 is 0 Å². The number of fused-ring (bicyclic) bond motifs is 1. The predicted molar refractivity (Wildman–Crippen MR) is 71.7 cm³/mol. The molecule has 0 amide bonds. The van der Waals surface area contributed by atoms with Gasteiger partial charge in [-0.1, -0.05) is 17.7 Å². The van der Waals surface area contributed by atoms with Crippen molar-refractivity contribution in [3.63, 3.8) is 0 Å². The molecule has 0 aliphatic heterocycles. The molecule has 0 atom stereocenters. The minimum Gasteiger partial charge on any atom is -0.368 e. The lowest BCUT2D eigenvalue weighted by Gasteiger charge is -2.09. The summed E-state index contributed by atoms with van der Waals surface area (Å²) in [5, 5.41) is 5.53. The topological polar surface area (TPSA) is 50.9 Å². The number of nitrogens with zero attached hydrogens (tertiary/aromatic N) is 1. The highest BCUT2D eigenvalue weighted by atomic mass is 79.9. The molecule has 2 aromatic rings. The Bertz CT molecular complexity index is 511. The summed E-state index contributed by atoms with van der Waals surface area (Å²) in [5.74, 6) is 0.896. The van der Waals surface area contributed by atoms with E-state index in [2.05, 4.69) is 51.4 Å². The van der Waals surface area contributed by atoms with E-state index in [4.69, 9.17) is 5.73 Å². The zero-order valence-corrected chi connectivity index (χ0v) is 10.7. The van der Waals surface area contributed by atoms with Gasteiger partial charge < -0.3 is 11.1 Å². The SMILES string of the molecule is Cc1ccc2c(Br)cnc(NCCN)c2c1. The first-order valence-corrected chi connectivity index (χ1v) is 6.00. The van der Waals surface area contributed by atoms with Gasteiger partial charge >= 0.3 is 0 Å². The van der Waals surface area contributed by atoms with Crippen molar-refractivity contribution in [2.75, 3.05) is 18.4 Å². The first-order valence-electron chi connectivity index (χ1n) is 5.21. The number of benzene rings is 1. The fourth-order valence-corrected chi connectivity index (χ4v) is 2.10. The van der Waals surface area contributed by atoms with Crippen LogP contribution >= 0.6 is 15.9 Å². The Hall–Kier alpha value is -1.13. The summed E-state index contributed by atoms with van der Waals surface area (Å²) in [5.41, 5.74) is 6.71. The Labute approximate surface area is 103 Å². The van der Waals surface area contributed by atoms with Crippen molar-refractivity contribution >= 4 is 32.5 Å². The maximum Gasteiger partial charge on any atom is 0.133 e. The van der Waals surface area contributed by atoms with Crippen LogP contribution in [-0.4, -0.2) is 18.1 Å². The van der Waals surface area contributed by atoms with Crippen LogP contribution in [0, 0.1) is 6.92 Å². The third-order valence-electron chi connectivity index (χ3n) is 2.43. The average Bonchev–Trinajstić information content (AvgIpc) is 2.28. The van der Waals surface area contributed by atoms with Crippen LogP contribution in [0.15, 0.2) is 28.9 Å². The van der Waals surface area contributed by atoms with Gasteiger partial charge in [-0.2, -0.15) is 0 Å². The van der Waals surface area contributed by atoms with Crippen LogP contribution in [0.4, 0.5) is 5.82 Å². The molecule has 16 heavy (non-hydrogen) atoms. The molecule has 0 bridgehead atoms. The first kappa shape index (κ1) is 11.4. The predicted octanol–water partition coefficient (Wildman–Crippen LogP) is 2.68. The summed E-state index contributed by atoms with van der Waals surface area (Å²) in [6, 6.07) is 6.33. The zero-order chi connectivity index (χ0) is 11.5. The molecule has 0 radical (unpaired) electrons. The van der Waals surface area contributed by atoms with E-state index in [0.717, 1.165) is 22.2 Å². The van der Waals surface area contributed by atoms with Crippen molar-refractivity contribution < 1.29 is 0 Å². The second-order valence-corrected chi connectivity index (χ2v) is 4.57. The molecule has 1 aromatic carbocycles. The Balaban J connectivity index is 2.56. The minimum atomic E-state index is 0.602. The van der Waals surface area contributed by atoms with Gasteiger partial charge in [-0.3, -0.25) is 0 Å². The van der Waals surface area contributed by atoms with E-state index in [-0.39, 0.29) is 0 Å². The normalized spacial score (nSPS) is 10.7. The third kappa shape index (κ3) is 2.18. The minimum absolute atomic E-state index is 0.602. The van der Waals surface area contributed by atoms with Crippen LogP contribution in [0.25, 0.3) is 10.8 Å². The lowest BCUT2D eigenvalue weighted by atomic mass is 10.1. The Kier molecular flexibility index (Phi) is 3.41. The average molecular weight is 280 g/mol. The summed E-state index contributed by atoms with van der Waals surface area (Å²) >= 11 is 3.51. The van der Waals surface area contributed by atoms with Gasteiger partial charge in [0.1, 0.15) is 5.82 Å². The summed E-state index contributed by atoms with van der Waals surface area (Å²) in [4.78, 5) is 4.37. The van der Waals surface area contributed by atoms with Gasteiger partial charge in [0.05, 0.1) is 0 Å². The highest BCUT2D eigenvalue weighted by molar-refractivity contribution is 9.10. The van der Waals surface area contributed by atoms with Crippen LogP contribution in [0.5, 0.6) is 0 Å². The molecule has 0 unspecified atom stereocenters. The number of halogens is 1. The first-order chi connectivity index (χ1) is 7.72. The molecule has 0 aliphatic rings. The van der Waals surface area contributed by atoms with Crippen molar-refractivity contribution in [1.29, 1.82) is 0 Å². The molecule has 3 nitrogen and oxygen atoms in total. The fraction of sp³-hybridized carbons (Fsp3) is 0.250. The van der Waals surface area contributed by atoms with Crippen molar-refractivity contribution in [3.05, 3.63) is 34.4 Å². The standard InChI is InChI=1S/C12H14BrN3/c1-8-2-3-9-10(6-8)12(15-5-4-14)16-7-11(9)13/h2-3,6-7H,4-5,14H2,1H3,(H,15,16). The van der Waals surface area contributed by atoms with Crippen molar-refractivity contribution in [1.82, 2.24) is 4.98 Å². The molecule has 0 spiro atoms. The maximum atomic E-state index is 5.48. The number of nitrogens with two attached hydrogens (primary N) is 1. The van der Waals surface area contributed by atoms with E-state index in [1.54, 1.807) is 0 Å². The van der Waals surface area contributed by atoms with Crippen molar-refractivity contribution in [2.24, 2.45) is 5.73 Å². The molecule has 1 aromatic heterocycles. The van der Waals surface area contributed by atoms with E-state index in [1.165, 1.54) is 10.9 Å².